The van der Waals surface area contributed by atoms with Gasteiger partial charge in [0.1, 0.15) is 0 Å². The van der Waals surface area contributed by atoms with Crippen LogP contribution in [0.3, 0.4) is 0 Å². The first-order valence-corrected chi connectivity index (χ1v) is 11.4. The second-order valence-corrected chi connectivity index (χ2v) is 8.12. The Morgan fingerprint density at radius 2 is 1.74 bits per heavy atom. The summed E-state index contributed by atoms with van der Waals surface area (Å²) >= 11 is 0. The molecule has 2 aromatic rings. The van der Waals surface area contributed by atoms with Crippen LogP contribution in [0.15, 0.2) is 42.7 Å². The van der Waals surface area contributed by atoms with E-state index in [1.165, 1.54) is 24.8 Å². The standard InChI is InChI=1S/C25H35N3O3/c1-30-23-11-10-21(19-24(23)31-2)14-18-28(22-8-4-3-5-9-22)25(29)27-15-6-7-20-12-16-26-17-13-20/h10-13,16-17,19,22H,3-9,14-15,18H2,1-2H3,(H,27,29). The van der Waals surface area contributed by atoms with Crippen molar-refractivity contribution in [2.75, 3.05) is 27.3 Å². The number of carbonyl (C=O) groups excluding carboxylic acids is 1. The Balaban J connectivity index is 1.56. The van der Waals surface area contributed by atoms with Crippen molar-refractivity contribution in [1.29, 1.82) is 0 Å². The first-order valence-electron chi connectivity index (χ1n) is 11.4. The number of carbonyl (C=O) groups is 1. The highest BCUT2D eigenvalue weighted by Gasteiger charge is 2.25. The molecule has 1 fully saturated rings. The van der Waals surface area contributed by atoms with Gasteiger partial charge in [0.25, 0.3) is 0 Å². The van der Waals surface area contributed by atoms with Crippen LogP contribution in [0.5, 0.6) is 11.5 Å². The SMILES string of the molecule is COc1ccc(CCN(C(=O)NCCCc2ccncc2)C2CCCCC2)cc1OC. The molecule has 1 aromatic heterocycles. The summed E-state index contributed by atoms with van der Waals surface area (Å²) in [4.78, 5) is 19.2. The summed E-state index contributed by atoms with van der Waals surface area (Å²) in [7, 11) is 3.29. The predicted octanol–water partition coefficient (Wildman–Crippen LogP) is 4.62. The quantitative estimate of drug-likeness (QED) is 0.564. The maximum Gasteiger partial charge on any atom is 0.317 e. The average Bonchev–Trinajstić information content (AvgIpc) is 2.83. The highest BCUT2D eigenvalue weighted by atomic mass is 16.5. The fourth-order valence-electron chi connectivity index (χ4n) is 4.27. The fraction of sp³-hybridized carbons (Fsp3) is 0.520. The van der Waals surface area contributed by atoms with E-state index in [1.807, 2.05) is 42.7 Å². The lowest BCUT2D eigenvalue weighted by Crippen LogP contribution is -2.48. The van der Waals surface area contributed by atoms with Crippen molar-refractivity contribution >= 4 is 6.03 Å². The molecule has 31 heavy (non-hydrogen) atoms. The Hall–Kier alpha value is -2.76. The number of nitrogens with one attached hydrogen (secondary N) is 1. The van der Waals surface area contributed by atoms with E-state index in [1.54, 1.807) is 14.2 Å². The van der Waals surface area contributed by atoms with Crippen LogP contribution < -0.4 is 14.8 Å². The van der Waals surface area contributed by atoms with Gasteiger partial charge < -0.3 is 19.7 Å². The minimum absolute atomic E-state index is 0.0575. The van der Waals surface area contributed by atoms with Gasteiger partial charge in [-0.15, -0.1) is 0 Å². The summed E-state index contributed by atoms with van der Waals surface area (Å²) in [5.74, 6) is 1.45. The van der Waals surface area contributed by atoms with Crippen molar-refractivity contribution in [2.24, 2.45) is 0 Å². The molecule has 0 bridgehead atoms. The fourth-order valence-corrected chi connectivity index (χ4v) is 4.27. The lowest BCUT2D eigenvalue weighted by Gasteiger charge is -2.34. The van der Waals surface area contributed by atoms with Gasteiger partial charge >= 0.3 is 6.03 Å². The van der Waals surface area contributed by atoms with E-state index < -0.39 is 0 Å². The molecule has 6 heteroatoms. The average molecular weight is 426 g/mol. The van der Waals surface area contributed by atoms with E-state index in [-0.39, 0.29) is 6.03 Å². The van der Waals surface area contributed by atoms with Gasteiger partial charge in [0.2, 0.25) is 0 Å². The summed E-state index contributed by atoms with van der Waals surface area (Å²) in [5, 5.41) is 3.15. The molecule has 1 aliphatic carbocycles. The molecule has 1 aliphatic rings. The molecule has 0 atom stereocenters. The number of aryl methyl sites for hydroxylation is 1. The third-order valence-electron chi connectivity index (χ3n) is 6.03. The van der Waals surface area contributed by atoms with Gasteiger partial charge in [-0.1, -0.05) is 25.3 Å². The van der Waals surface area contributed by atoms with E-state index in [0.717, 1.165) is 49.2 Å². The minimum atomic E-state index is 0.0575. The zero-order chi connectivity index (χ0) is 21.9. The van der Waals surface area contributed by atoms with Crippen molar-refractivity contribution in [2.45, 2.75) is 57.4 Å². The first-order chi connectivity index (χ1) is 15.2. The molecular formula is C25H35N3O3. The number of urea groups is 1. The Morgan fingerprint density at radius 1 is 1.00 bits per heavy atom. The Bertz CT molecular complexity index is 807. The molecule has 1 heterocycles. The molecule has 2 amide bonds. The Kier molecular flexibility index (Phi) is 9.00. The molecule has 168 valence electrons. The Morgan fingerprint density at radius 3 is 2.45 bits per heavy atom. The number of methoxy groups -OCH3 is 2. The molecule has 0 radical (unpaired) electrons. The van der Waals surface area contributed by atoms with Gasteiger partial charge in [-0.2, -0.15) is 0 Å². The number of hydrogen-bond donors (Lipinski definition) is 1. The van der Waals surface area contributed by atoms with Gasteiger partial charge in [-0.25, -0.2) is 4.79 Å². The number of ether oxygens (including phenoxy) is 2. The molecule has 0 saturated heterocycles. The number of aromatic nitrogens is 1. The number of benzene rings is 1. The second-order valence-electron chi connectivity index (χ2n) is 8.12. The van der Waals surface area contributed by atoms with E-state index >= 15 is 0 Å². The first kappa shape index (κ1) is 22.9. The van der Waals surface area contributed by atoms with Crippen LogP contribution in [0.25, 0.3) is 0 Å². The van der Waals surface area contributed by atoms with Crippen molar-refractivity contribution in [3.8, 4) is 11.5 Å². The van der Waals surface area contributed by atoms with Crippen molar-refractivity contribution in [1.82, 2.24) is 15.2 Å². The van der Waals surface area contributed by atoms with Crippen LogP contribution in [-0.2, 0) is 12.8 Å². The molecule has 1 N–H and O–H groups in total. The van der Waals surface area contributed by atoms with Crippen molar-refractivity contribution in [3.05, 3.63) is 53.9 Å². The highest BCUT2D eigenvalue weighted by molar-refractivity contribution is 5.74. The van der Waals surface area contributed by atoms with Gasteiger partial charge in [0.05, 0.1) is 14.2 Å². The lowest BCUT2D eigenvalue weighted by atomic mass is 9.94. The van der Waals surface area contributed by atoms with Crippen LogP contribution in [0.1, 0.15) is 49.7 Å². The molecule has 1 aromatic carbocycles. The van der Waals surface area contributed by atoms with Gasteiger partial charge in [-0.3, -0.25) is 4.98 Å². The minimum Gasteiger partial charge on any atom is -0.493 e. The summed E-state index contributed by atoms with van der Waals surface area (Å²) in [5.41, 5.74) is 2.39. The summed E-state index contributed by atoms with van der Waals surface area (Å²) in [6.45, 7) is 1.39. The normalized spacial score (nSPS) is 14.1. The third-order valence-corrected chi connectivity index (χ3v) is 6.03. The molecule has 6 nitrogen and oxygen atoms in total. The highest BCUT2D eigenvalue weighted by Crippen LogP contribution is 2.28. The topological polar surface area (TPSA) is 63.7 Å². The van der Waals surface area contributed by atoms with E-state index in [2.05, 4.69) is 15.2 Å². The lowest BCUT2D eigenvalue weighted by molar-refractivity contribution is 0.156. The Labute approximate surface area is 186 Å². The molecule has 0 spiro atoms. The van der Waals surface area contributed by atoms with Crippen molar-refractivity contribution < 1.29 is 14.3 Å². The van der Waals surface area contributed by atoms with Crippen LogP contribution in [-0.4, -0.2) is 49.3 Å². The van der Waals surface area contributed by atoms with Crippen LogP contribution in [0.4, 0.5) is 4.79 Å². The van der Waals surface area contributed by atoms with Crippen LogP contribution in [0.2, 0.25) is 0 Å². The van der Waals surface area contributed by atoms with Gasteiger partial charge in [0, 0.05) is 31.5 Å². The maximum atomic E-state index is 13.1. The van der Waals surface area contributed by atoms with Gasteiger partial charge in [-0.05, 0) is 67.5 Å². The van der Waals surface area contributed by atoms with Crippen molar-refractivity contribution in [3.63, 3.8) is 0 Å². The molecule has 0 unspecified atom stereocenters. The number of nitrogens with zero attached hydrogens (tertiary/aromatic N) is 2. The maximum absolute atomic E-state index is 13.1. The number of amides is 2. The van der Waals surface area contributed by atoms with Crippen LogP contribution in [0, 0.1) is 0 Å². The number of hydrogen-bond acceptors (Lipinski definition) is 4. The summed E-state index contributed by atoms with van der Waals surface area (Å²) < 4.78 is 10.8. The largest absolute Gasteiger partial charge is 0.493 e. The summed E-state index contributed by atoms with van der Waals surface area (Å²) in [6.07, 6.45) is 12.1. The third kappa shape index (κ3) is 6.88. The van der Waals surface area contributed by atoms with Crippen LogP contribution >= 0.6 is 0 Å². The zero-order valence-electron chi connectivity index (χ0n) is 18.8. The summed E-state index contributed by atoms with van der Waals surface area (Å²) in [6, 6.07) is 10.4. The van der Waals surface area contributed by atoms with E-state index in [9.17, 15) is 4.79 Å². The second kappa shape index (κ2) is 12.2. The molecule has 3 rings (SSSR count). The molecule has 0 aliphatic heterocycles. The zero-order valence-corrected chi connectivity index (χ0v) is 18.8. The predicted molar refractivity (Wildman–Crippen MR) is 123 cm³/mol. The van der Waals surface area contributed by atoms with E-state index in [4.69, 9.17) is 9.47 Å². The van der Waals surface area contributed by atoms with E-state index in [0.29, 0.717) is 19.1 Å². The molecule has 1 saturated carbocycles. The number of rotatable bonds is 10. The smallest absolute Gasteiger partial charge is 0.317 e. The monoisotopic (exact) mass is 425 g/mol. The van der Waals surface area contributed by atoms with Gasteiger partial charge in [0.15, 0.2) is 11.5 Å². The number of pyridine rings is 1. The molecular weight excluding hydrogens is 390 g/mol.